The van der Waals surface area contributed by atoms with E-state index in [-0.39, 0.29) is 11.0 Å². The molecule has 0 aliphatic rings. The highest BCUT2D eigenvalue weighted by atomic mass is 32.1. The number of amides is 1. The number of benzene rings is 2. The molecule has 0 heterocycles. The van der Waals surface area contributed by atoms with Crippen molar-refractivity contribution < 1.29 is 14.3 Å². The molecule has 0 saturated carbocycles. The minimum Gasteiger partial charge on any atom is -0.494 e. The van der Waals surface area contributed by atoms with Gasteiger partial charge in [-0.1, -0.05) is 27.7 Å². The van der Waals surface area contributed by atoms with E-state index >= 15 is 0 Å². The van der Waals surface area contributed by atoms with Crippen molar-refractivity contribution >= 4 is 28.9 Å². The van der Waals surface area contributed by atoms with E-state index in [9.17, 15) is 4.79 Å². The van der Waals surface area contributed by atoms with Gasteiger partial charge in [0.05, 0.1) is 13.2 Å². The third kappa shape index (κ3) is 8.82. The molecule has 2 aromatic carbocycles. The van der Waals surface area contributed by atoms with Crippen LogP contribution >= 0.6 is 12.2 Å². The van der Waals surface area contributed by atoms with E-state index in [0.717, 1.165) is 30.0 Å². The summed E-state index contributed by atoms with van der Waals surface area (Å²) in [6, 6.07) is 14.5. The van der Waals surface area contributed by atoms with Gasteiger partial charge in [-0.3, -0.25) is 10.1 Å². The van der Waals surface area contributed by atoms with E-state index in [1.165, 1.54) is 0 Å². The van der Waals surface area contributed by atoms with Crippen LogP contribution in [0.4, 0.5) is 5.69 Å². The Bertz CT molecular complexity index is 802. The van der Waals surface area contributed by atoms with Crippen LogP contribution in [-0.2, 0) is 0 Å². The molecule has 0 unspecified atom stereocenters. The second-order valence-electron chi connectivity index (χ2n) is 8.02. The third-order valence-corrected chi connectivity index (χ3v) is 4.59. The molecule has 2 rings (SSSR count). The lowest BCUT2D eigenvalue weighted by Crippen LogP contribution is -2.34. The quantitative estimate of drug-likeness (QED) is 0.478. The molecule has 0 bridgehead atoms. The SMILES string of the molecule is CC(C)CCOc1ccc(NC(=S)NC(=O)c2ccc(OCCC(C)C)cc2)cc1. The Balaban J connectivity index is 1.79. The number of carbonyl (C=O) groups is 1. The van der Waals surface area contributed by atoms with E-state index < -0.39 is 0 Å². The molecule has 0 aliphatic carbocycles. The first kappa shape index (κ1) is 23.7. The molecule has 162 valence electrons. The van der Waals surface area contributed by atoms with Gasteiger partial charge < -0.3 is 14.8 Å². The second kappa shape index (κ2) is 12.2. The van der Waals surface area contributed by atoms with E-state index in [4.69, 9.17) is 21.7 Å². The molecule has 2 N–H and O–H groups in total. The van der Waals surface area contributed by atoms with Gasteiger partial charge in [0, 0.05) is 11.3 Å². The number of rotatable bonds is 10. The van der Waals surface area contributed by atoms with Crippen molar-refractivity contribution in [3.05, 3.63) is 54.1 Å². The zero-order chi connectivity index (χ0) is 21.9. The van der Waals surface area contributed by atoms with Crippen molar-refractivity contribution in [1.29, 1.82) is 0 Å². The summed E-state index contributed by atoms with van der Waals surface area (Å²) >= 11 is 5.25. The summed E-state index contributed by atoms with van der Waals surface area (Å²) in [6.45, 7) is 10.0. The summed E-state index contributed by atoms with van der Waals surface area (Å²) in [4.78, 5) is 12.4. The molecule has 6 heteroatoms. The van der Waals surface area contributed by atoms with Gasteiger partial charge in [-0.05, 0) is 85.4 Å². The molecule has 1 amide bonds. The molecule has 0 atom stereocenters. The summed E-state index contributed by atoms with van der Waals surface area (Å²) in [5.41, 5.74) is 1.30. The number of thiocarbonyl (C=S) groups is 1. The molecule has 0 aliphatic heterocycles. The van der Waals surface area contributed by atoms with Crippen molar-refractivity contribution in [2.75, 3.05) is 18.5 Å². The summed E-state index contributed by atoms with van der Waals surface area (Å²) in [5.74, 6) is 2.50. The molecule has 0 aromatic heterocycles. The zero-order valence-corrected chi connectivity index (χ0v) is 19.1. The molecule has 0 radical (unpaired) electrons. The number of nitrogens with one attached hydrogen (secondary N) is 2. The summed E-state index contributed by atoms with van der Waals surface area (Å²) in [7, 11) is 0. The third-order valence-electron chi connectivity index (χ3n) is 4.38. The van der Waals surface area contributed by atoms with Crippen LogP contribution in [0.25, 0.3) is 0 Å². The highest BCUT2D eigenvalue weighted by Crippen LogP contribution is 2.17. The molecular formula is C24H32N2O3S. The Hall–Kier alpha value is -2.60. The average Bonchev–Trinajstić information content (AvgIpc) is 2.69. The first-order valence-electron chi connectivity index (χ1n) is 10.4. The fourth-order valence-corrected chi connectivity index (χ4v) is 2.71. The highest BCUT2D eigenvalue weighted by Gasteiger charge is 2.09. The monoisotopic (exact) mass is 428 g/mol. The smallest absolute Gasteiger partial charge is 0.257 e. The highest BCUT2D eigenvalue weighted by molar-refractivity contribution is 7.80. The standard InChI is InChI=1S/C24H32N2O3S/c1-17(2)13-15-28-21-9-5-19(6-10-21)23(27)26-24(30)25-20-7-11-22(12-8-20)29-16-14-18(3)4/h5-12,17-18H,13-16H2,1-4H3,(H2,25,26,27,30). The van der Waals surface area contributed by atoms with Crippen LogP contribution in [0, 0.1) is 11.8 Å². The maximum absolute atomic E-state index is 12.4. The molecule has 0 fully saturated rings. The van der Waals surface area contributed by atoms with Gasteiger partial charge in [-0.2, -0.15) is 0 Å². The van der Waals surface area contributed by atoms with Crippen LogP contribution in [0.5, 0.6) is 11.5 Å². The Kier molecular flexibility index (Phi) is 9.61. The van der Waals surface area contributed by atoms with Crippen LogP contribution in [0.1, 0.15) is 50.9 Å². The molecule has 0 saturated heterocycles. The van der Waals surface area contributed by atoms with Crippen LogP contribution in [0.3, 0.4) is 0 Å². The number of anilines is 1. The minimum atomic E-state index is -0.269. The van der Waals surface area contributed by atoms with Gasteiger partial charge in [-0.25, -0.2) is 0 Å². The summed E-state index contributed by atoms with van der Waals surface area (Å²) < 4.78 is 11.4. The number of carbonyl (C=O) groups excluding carboxylic acids is 1. The van der Waals surface area contributed by atoms with E-state index in [2.05, 4.69) is 38.3 Å². The number of hydrogen-bond acceptors (Lipinski definition) is 4. The lowest BCUT2D eigenvalue weighted by molar-refractivity contribution is 0.0977. The first-order chi connectivity index (χ1) is 14.3. The molecule has 5 nitrogen and oxygen atoms in total. The van der Waals surface area contributed by atoms with Crippen LogP contribution in [0.2, 0.25) is 0 Å². The lowest BCUT2D eigenvalue weighted by Gasteiger charge is -2.12. The normalized spacial score (nSPS) is 10.7. The van der Waals surface area contributed by atoms with E-state index in [1.807, 2.05) is 24.3 Å². The maximum atomic E-state index is 12.4. The Morgan fingerprint density at radius 2 is 1.30 bits per heavy atom. The molecule has 30 heavy (non-hydrogen) atoms. The van der Waals surface area contributed by atoms with Crippen molar-refractivity contribution in [1.82, 2.24) is 5.32 Å². The largest absolute Gasteiger partial charge is 0.494 e. The van der Waals surface area contributed by atoms with Gasteiger partial charge in [0.1, 0.15) is 11.5 Å². The predicted octanol–water partition coefficient (Wildman–Crippen LogP) is 5.66. The van der Waals surface area contributed by atoms with Crippen molar-refractivity contribution in [2.45, 2.75) is 40.5 Å². The predicted molar refractivity (Wildman–Crippen MR) is 126 cm³/mol. The summed E-state index contributed by atoms with van der Waals surface area (Å²) in [6.07, 6.45) is 2.01. The van der Waals surface area contributed by atoms with Crippen molar-refractivity contribution in [3.8, 4) is 11.5 Å². The van der Waals surface area contributed by atoms with Gasteiger partial charge in [0.15, 0.2) is 5.11 Å². The fourth-order valence-electron chi connectivity index (χ4n) is 2.50. The van der Waals surface area contributed by atoms with Gasteiger partial charge >= 0.3 is 0 Å². The zero-order valence-electron chi connectivity index (χ0n) is 18.2. The number of hydrogen-bond donors (Lipinski definition) is 2. The molecular weight excluding hydrogens is 396 g/mol. The van der Waals surface area contributed by atoms with Gasteiger partial charge in [-0.15, -0.1) is 0 Å². The minimum absolute atomic E-state index is 0.241. The second-order valence-corrected chi connectivity index (χ2v) is 8.43. The average molecular weight is 429 g/mol. The van der Waals surface area contributed by atoms with Crippen molar-refractivity contribution in [2.24, 2.45) is 11.8 Å². The maximum Gasteiger partial charge on any atom is 0.257 e. The Morgan fingerprint density at radius 3 is 1.77 bits per heavy atom. The Labute approximate surface area is 185 Å². The number of ether oxygens (including phenoxy) is 2. The van der Waals surface area contributed by atoms with Crippen LogP contribution in [0.15, 0.2) is 48.5 Å². The van der Waals surface area contributed by atoms with Crippen molar-refractivity contribution in [3.63, 3.8) is 0 Å². The first-order valence-corrected chi connectivity index (χ1v) is 10.8. The molecule has 0 spiro atoms. The molecule has 2 aromatic rings. The van der Waals surface area contributed by atoms with E-state index in [0.29, 0.717) is 30.6 Å². The van der Waals surface area contributed by atoms with Crippen LogP contribution < -0.4 is 20.1 Å². The topological polar surface area (TPSA) is 59.6 Å². The summed E-state index contributed by atoms with van der Waals surface area (Å²) in [5, 5.41) is 5.95. The lowest BCUT2D eigenvalue weighted by atomic mass is 10.1. The Morgan fingerprint density at radius 1 is 0.833 bits per heavy atom. The van der Waals surface area contributed by atoms with Crippen LogP contribution in [-0.4, -0.2) is 24.2 Å². The fraction of sp³-hybridized carbons (Fsp3) is 0.417. The van der Waals surface area contributed by atoms with Gasteiger partial charge in [0.25, 0.3) is 5.91 Å². The van der Waals surface area contributed by atoms with Gasteiger partial charge in [0.2, 0.25) is 0 Å². The van der Waals surface area contributed by atoms with E-state index in [1.54, 1.807) is 24.3 Å².